The highest BCUT2D eigenvalue weighted by molar-refractivity contribution is 6.11. The standard InChI is InChI=1S/C8H13BO2/c1-2-8-3-4-5(8)6(10-4)7(9)11-8/h4-7H,2-3,9H2,1H3/t4?,5?,6?,7-,8+/m1/s1. The molecule has 2 nitrogen and oxygen atoms in total. The number of rotatable bonds is 1. The summed E-state index contributed by atoms with van der Waals surface area (Å²) >= 11 is 0. The fourth-order valence-electron chi connectivity index (χ4n) is 3.05. The first kappa shape index (κ1) is 6.50. The first-order valence-electron chi connectivity index (χ1n) is 4.60. The average Bonchev–Trinajstić information content (AvgIpc) is 2.07. The van der Waals surface area contributed by atoms with Crippen LogP contribution in [-0.4, -0.2) is 31.7 Å². The summed E-state index contributed by atoms with van der Waals surface area (Å²) in [6.07, 6.45) is 3.31. The Hall–Kier alpha value is -0.0151. The van der Waals surface area contributed by atoms with Crippen LogP contribution in [0.4, 0.5) is 0 Å². The maximum atomic E-state index is 5.93. The van der Waals surface area contributed by atoms with Gasteiger partial charge in [0.05, 0.1) is 23.8 Å². The molecule has 0 N–H and O–H groups in total. The van der Waals surface area contributed by atoms with Gasteiger partial charge < -0.3 is 9.47 Å². The largest absolute Gasteiger partial charge is 0.378 e. The lowest BCUT2D eigenvalue weighted by Gasteiger charge is -2.57. The number of hydrogen-bond donors (Lipinski definition) is 0. The number of ether oxygens (including phenoxy) is 2. The molecule has 2 aliphatic heterocycles. The molecule has 0 radical (unpaired) electrons. The summed E-state index contributed by atoms with van der Waals surface area (Å²) in [6.45, 7) is 2.23. The summed E-state index contributed by atoms with van der Waals surface area (Å²) in [5, 5.41) is 0. The molecule has 2 heterocycles. The predicted octanol–water partition coefficient (Wildman–Crippen LogP) is -0.0881. The van der Waals surface area contributed by atoms with Gasteiger partial charge in [-0.15, -0.1) is 0 Å². The lowest BCUT2D eigenvalue weighted by Crippen LogP contribution is -2.67. The average molecular weight is 152 g/mol. The SMILES string of the molecule is B[C@@H]1O[C@@]2(CC)CC3OC1C32. The van der Waals surface area contributed by atoms with Crippen molar-refractivity contribution in [2.75, 3.05) is 0 Å². The minimum absolute atomic E-state index is 0.243. The molecule has 3 unspecified atom stereocenters. The molecule has 0 aromatic carbocycles. The van der Waals surface area contributed by atoms with E-state index in [2.05, 4.69) is 14.8 Å². The van der Waals surface area contributed by atoms with Crippen LogP contribution in [0.1, 0.15) is 19.8 Å². The van der Waals surface area contributed by atoms with Gasteiger partial charge >= 0.3 is 0 Å². The van der Waals surface area contributed by atoms with Crippen LogP contribution < -0.4 is 0 Å². The van der Waals surface area contributed by atoms with Crippen LogP contribution in [0.15, 0.2) is 0 Å². The summed E-state index contributed by atoms with van der Waals surface area (Å²) in [6, 6.07) is 0.346. The van der Waals surface area contributed by atoms with Crippen molar-refractivity contribution in [3.63, 3.8) is 0 Å². The second-order valence-corrected chi connectivity index (χ2v) is 4.11. The van der Waals surface area contributed by atoms with Crippen molar-refractivity contribution in [2.45, 2.75) is 43.6 Å². The van der Waals surface area contributed by atoms with Gasteiger partial charge in [0.15, 0.2) is 0 Å². The third-order valence-electron chi connectivity index (χ3n) is 3.72. The molecular weight excluding hydrogens is 139 g/mol. The van der Waals surface area contributed by atoms with Crippen molar-refractivity contribution in [3.8, 4) is 0 Å². The molecule has 0 aromatic heterocycles. The molecule has 0 spiro atoms. The molecule has 0 aromatic rings. The monoisotopic (exact) mass is 152 g/mol. The van der Waals surface area contributed by atoms with E-state index in [1.807, 2.05) is 0 Å². The second kappa shape index (κ2) is 1.67. The first-order chi connectivity index (χ1) is 5.27. The second-order valence-electron chi connectivity index (χ2n) is 4.11. The van der Waals surface area contributed by atoms with E-state index >= 15 is 0 Å². The van der Waals surface area contributed by atoms with E-state index < -0.39 is 0 Å². The van der Waals surface area contributed by atoms with Crippen molar-refractivity contribution < 1.29 is 9.47 Å². The Morgan fingerprint density at radius 1 is 1.64 bits per heavy atom. The summed E-state index contributed by atoms with van der Waals surface area (Å²) < 4.78 is 11.6. The fraction of sp³-hybridized carbons (Fsp3) is 1.00. The molecule has 0 bridgehead atoms. The third kappa shape index (κ3) is 0.520. The molecule has 11 heavy (non-hydrogen) atoms. The van der Waals surface area contributed by atoms with E-state index in [1.54, 1.807) is 0 Å². The van der Waals surface area contributed by atoms with Crippen LogP contribution in [0.25, 0.3) is 0 Å². The maximum Gasteiger partial charge on any atom is 0.142 e. The summed E-state index contributed by atoms with van der Waals surface area (Å²) in [7, 11) is 2.14. The molecular formula is C8H13BO2. The topological polar surface area (TPSA) is 18.5 Å². The maximum absolute atomic E-state index is 5.93. The van der Waals surface area contributed by atoms with E-state index in [0.717, 1.165) is 12.3 Å². The molecule has 5 atom stereocenters. The normalized spacial score (nSPS) is 64.8. The van der Waals surface area contributed by atoms with Crippen LogP contribution >= 0.6 is 0 Å². The van der Waals surface area contributed by atoms with Gasteiger partial charge in [-0.25, -0.2) is 0 Å². The molecule has 1 saturated carbocycles. The molecule has 0 amide bonds. The third-order valence-corrected chi connectivity index (χ3v) is 3.72. The molecule has 60 valence electrons. The van der Waals surface area contributed by atoms with Crippen molar-refractivity contribution in [3.05, 3.63) is 0 Å². The van der Waals surface area contributed by atoms with E-state index in [-0.39, 0.29) is 5.60 Å². The molecule has 2 saturated heterocycles. The highest BCUT2D eigenvalue weighted by Gasteiger charge is 2.71. The first-order valence-corrected chi connectivity index (χ1v) is 4.60. The smallest absolute Gasteiger partial charge is 0.142 e. The van der Waals surface area contributed by atoms with E-state index in [9.17, 15) is 0 Å². The van der Waals surface area contributed by atoms with Gasteiger partial charge in [0.2, 0.25) is 0 Å². The Bertz CT molecular complexity index is 208. The minimum atomic E-state index is 0.243. The van der Waals surface area contributed by atoms with Gasteiger partial charge in [-0.05, 0) is 6.42 Å². The van der Waals surface area contributed by atoms with Crippen LogP contribution in [0.3, 0.4) is 0 Å². The zero-order valence-corrected chi connectivity index (χ0v) is 7.04. The van der Waals surface area contributed by atoms with E-state index in [4.69, 9.17) is 9.47 Å². The van der Waals surface area contributed by atoms with E-state index in [1.165, 1.54) is 6.42 Å². The summed E-state index contributed by atoms with van der Waals surface area (Å²) in [5.74, 6) is 0.752. The van der Waals surface area contributed by atoms with Crippen molar-refractivity contribution in [2.24, 2.45) is 5.92 Å². The molecule has 3 heteroatoms. The molecule has 3 aliphatic rings. The van der Waals surface area contributed by atoms with Crippen LogP contribution in [-0.2, 0) is 9.47 Å². The van der Waals surface area contributed by atoms with Gasteiger partial charge in [0.25, 0.3) is 0 Å². The van der Waals surface area contributed by atoms with Gasteiger partial charge in [-0.2, -0.15) is 0 Å². The van der Waals surface area contributed by atoms with Crippen LogP contribution in [0, 0.1) is 5.92 Å². The Balaban J connectivity index is 1.92. The Labute approximate surface area is 67.7 Å². The lowest BCUT2D eigenvalue weighted by molar-refractivity contribution is -0.265. The van der Waals surface area contributed by atoms with Crippen LogP contribution in [0.5, 0.6) is 0 Å². The molecule has 1 aliphatic carbocycles. The Morgan fingerprint density at radius 3 is 3.00 bits per heavy atom. The van der Waals surface area contributed by atoms with Gasteiger partial charge in [0.1, 0.15) is 7.85 Å². The molecule has 3 rings (SSSR count). The highest BCUT2D eigenvalue weighted by atomic mass is 16.6. The van der Waals surface area contributed by atoms with Gasteiger partial charge in [-0.1, -0.05) is 6.92 Å². The highest BCUT2D eigenvalue weighted by Crippen LogP contribution is 2.61. The van der Waals surface area contributed by atoms with Gasteiger partial charge in [-0.3, -0.25) is 0 Å². The minimum Gasteiger partial charge on any atom is -0.378 e. The fourth-order valence-corrected chi connectivity index (χ4v) is 3.05. The zero-order chi connectivity index (χ0) is 7.64. The number of hydrogen-bond acceptors (Lipinski definition) is 2. The van der Waals surface area contributed by atoms with Crippen molar-refractivity contribution >= 4 is 7.85 Å². The zero-order valence-electron chi connectivity index (χ0n) is 7.04. The summed E-state index contributed by atoms with van der Waals surface area (Å²) in [5.41, 5.74) is 0.243. The predicted molar refractivity (Wildman–Crippen MR) is 43.2 cm³/mol. The molecule has 3 fully saturated rings. The Morgan fingerprint density at radius 2 is 2.45 bits per heavy atom. The summed E-state index contributed by atoms with van der Waals surface area (Å²) in [4.78, 5) is 0. The van der Waals surface area contributed by atoms with Crippen molar-refractivity contribution in [1.29, 1.82) is 0 Å². The van der Waals surface area contributed by atoms with Crippen molar-refractivity contribution in [1.82, 2.24) is 0 Å². The van der Waals surface area contributed by atoms with Crippen LogP contribution in [0.2, 0.25) is 0 Å². The lowest BCUT2D eigenvalue weighted by atomic mass is 9.60. The Kier molecular flexibility index (Phi) is 0.985. The quantitative estimate of drug-likeness (QED) is 0.489. The van der Waals surface area contributed by atoms with Gasteiger partial charge in [0, 0.05) is 12.3 Å². The van der Waals surface area contributed by atoms with E-state index in [0.29, 0.717) is 18.2 Å².